The fourth-order valence-corrected chi connectivity index (χ4v) is 6.75. The van der Waals surface area contributed by atoms with Gasteiger partial charge < -0.3 is 30.5 Å². The van der Waals surface area contributed by atoms with Crippen LogP contribution >= 0.6 is 23.2 Å². The Bertz CT molecular complexity index is 2100. The Balaban J connectivity index is 1.28. The third-order valence-electron chi connectivity index (χ3n) is 8.62. The van der Waals surface area contributed by atoms with E-state index < -0.39 is 6.10 Å². The lowest BCUT2D eigenvalue weighted by Gasteiger charge is -2.16. The minimum absolute atomic E-state index is 0.0889. The number of methoxy groups -OCH3 is 2. The molecule has 2 aromatic carbocycles. The number of halogens is 2. The lowest BCUT2D eigenvalue weighted by molar-refractivity contribution is -0.119. The average Bonchev–Trinajstić information content (AvgIpc) is 3.53. The van der Waals surface area contributed by atoms with Gasteiger partial charge in [0.2, 0.25) is 17.7 Å². The molecule has 0 radical (unpaired) electrons. The third kappa shape index (κ3) is 7.47. The fraction of sp³-hybridized carbons (Fsp3) is 0.297. The smallest absolute Gasteiger partial charge is 0.266 e. The molecular weight excluding hydrogens is 679 g/mol. The molecule has 1 aliphatic rings. The number of fused-ring (bicyclic) bond motifs is 1. The minimum atomic E-state index is -0.558. The molecule has 0 spiro atoms. The highest BCUT2D eigenvalue weighted by Gasteiger charge is 2.21. The molecule has 50 heavy (non-hydrogen) atoms. The van der Waals surface area contributed by atoms with E-state index in [0.29, 0.717) is 58.9 Å². The number of benzene rings is 2. The number of nitrogens with one attached hydrogen (secondary N) is 3. The second-order valence-corrected chi connectivity index (χ2v) is 12.9. The van der Waals surface area contributed by atoms with Crippen LogP contribution in [-0.2, 0) is 17.9 Å². The molecule has 1 amide bonds. The van der Waals surface area contributed by atoms with Crippen LogP contribution in [0.5, 0.6) is 11.8 Å². The number of carbonyl (C=O) groups excluding carboxylic acids is 1. The number of nitrogens with zero attached hydrogens (tertiary/aromatic N) is 3. The first kappa shape index (κ1) is 35.3. The number of aromatic nitrogens is 3. The number of rotatable bonds is 13. The summed E-state index contributed by atoms with van der Waals surface area (Å²) in [5.41, 5.74) is 5.69. The summed E-state index contributed by atoms with van der Waals surface area (Å²) in [5.74, 6) is 0.782. The number of carbonyl (C=O) groups is 1. The van der Waals surface area contributed by atoms with Crippen LogP contribution in [0, 0.1) is 0 Å². The molecule has 1 aliphatic heterocycles. The summed E-state index contributed by atoms with van der Waals surface area (Å²) >= 11 is 14.2. The molecule has 0 aliphatic carbocycles. The Morgan fingerprint density at radius 3 is 2.30 bits per heavy atom. The number of aliphatic hydroxyl groups excluding tert-OH is 1. The largest absolute Gasteiger partial charge is 0.481 e. The molecule has 6 rings (SSSR count). The summed E-state index contributed by atoms with van der Waals surface area (Å²) in [7, 11) is 3.05. The van der Waals surface area contributed by atoms with E-state index in [1.54, 1.807) is 26.3 Å². The molecule has 4 heterocycles. The molecule has 11 nitrogen and oxygen atoms in total. The van der Waals surface area contributed by atoms with Crippen molar-refractivity contribution >= 4 is 34.8 Å². The highest BCUT2D eigenvalue weighted by Crippen LogP contribution is 2.42. The van der Waals surface area contributed by atoms with Gasteiger partial charge in [0.05, 0.1) is 41.6 Å². The van der Waals surface area contributed by atoms with Crippen LogP contribution in [0.15, 0.2) is 71.7 Å². The average molecular weight is 718 g/mol. The van der Waals surface area contributed by atoms with Gasteiger partial charge in [-0.2, -0.15) is 4.98 Å². The first-order chi connectivity index (χ1) is 24.2. The number of pyridine rings is 2. The molecule has 5 aromatic rings. The van der Waals surface area contributed by atoms with Crippen molar-refractivity contribution in [3.05, 3.63) is 98.4 Å². The number of aliphatic hydroxyl groups is 1. The predicted octanol–water partition coefficient (Wildman–Crippen LogP) is 5.25. The lowest BCUT2D eigenvalue weighted by atomic mass is 9.97. The normalized spacial score (nSPS) is 14.9. The number of hydrogen-bond donors (Lipinski definition) is 4. The summed E-state index contributed by atoms with van der Waals surface area (Å²) < 4.78 is 12.6. The van der Waals surface area contributed by atoms with Crippen LogP contribution in [0.25, 0.3) is 39.2 Å². The lowest BCUT2D eigenvalue weighted by Crippen LogP contribution is -2.35. The van der Waals surface area contributed by atoms with E-state index in [1.807, 2.05) is 54.6 Å². The Morgan fingerprint density at radius 1 is 0.920 bits per heavy atom. The molecule has 2 atom stereocenters. The molecule has 2 unspecified atom stereocenters. The van der Waals surface area contributed by atoms with Crippen LogP contribution in [0.2, 0.25) is 10.0 Å². The van der Waals surface area contributed by atoms with E-state index >= 15 is 0 Å². The van der Waals surface area contributed by atoms with Crippen LogP contribution in [-0.4, -0.2) is 64.8 Å². The molecule has 260 valence electrons. The second-order valence-electron chi connectivity index (χ2n) is 12.2. The van der Waals surface area contributed by atoms with Crippen LogP contribution in [0.3, 0.4) is 0 Å². The maximum atomic E-state index is 13.4. The highest BCUT2D eigenvalue weighted by molar-refractivity contribution is 6.39. The van der Waals surface area contributed by atoms with Gasteiger partial charge in [-0.3, -0.25) is 14.0 Å². The number of ether oxygens (including phenoxy) is 2. The SMILES string of the molecule is COc1nc(-c2cccc(-c3cccc(-c4ccn5c(=O)c(CNCC(C)O)c(OC)nc5c4)c3Cl)c2Cl)ccc1CNCC1CCC(=O)N1. The molecule has 1 saturated heterocycles. The summed E-state index contributed by atoms with van der Waals surface area (Å²) in [5, 5.41) is 20.0. The molecular formula is C37H38Cl2N6O5. The third-order valence-corrected chi connectivity index (χ3v) is 9.43. The van der Waals surface area contributed by atoms with Gasteiger partial charge in [-0.1, -0.05) is 65.7 Å². The standard InChI is InChI=1S/C37H38Cl2N6O5/c1-21(46)17-40-20-29-36(50-3)44-31-16-22(14-15-45(31)37(29)48)25-6-4-7-26(33(25)38)27-8-5-9-28(34(27)39)30-12-10-23(35(43-30)49-2)18-41-19-24-11-13-32(47)42-24/h4-10,12,14-16,21,24,40-41,46H,11,13,17-20H2,1-3H3,(H,42,47). The summed E-state index contributed by atoms with van der Waals surface area (Å²) in [4.78, 5) is 34.3. The van der Waals surface area contributed by atoms with Crippen molar-refractivity contribution in [3.8, 4) is 45.3 Å². The Labute approximate surface area is 299 Å². The van der Waals surface area contributed by atoms with Gasteiger partial charge in [0.1, 0.15) is 5.65 Å². The minimum Gasteiger partial charge on any atom is -0.481 e. The van der Waals surface area contributed by atoms with Gasteiger partial charge in [0.25, 0.3) is 5.56 Å². The Kier molecular flexibility index (Phi) is 11.0. The molecule has 0 saturated carbocycles. The fourth-order valence-electron chi connectivity index (χ4n) is 6.09. The highest BCUT2D eigenvalue weighted by atomic mass is 35.5. The van der Waals surface area contributed by atoms with E-state index in [4.69, 9.17) is 37.7 Å². The van der Waals surface area contributed by atoms with Gasteiger partial charge in [0, 0.05) is 72.7 Å². The van der Waals surface area contributed by atoms with Crippen molar-refractivity contribution < 1.29 is 19.4 Å². The summed E-state index contributed by atoms with van der Waals surface area (Å²) in [6.45, 7) is 3.39. The maximum absolute atomic E-state index is 13.4. The molecule has 4 N–H and O–H groups in total. The molecule has 13 heteroatoms. The summed E-state index contributed by atoms with van der Waals surface area (Å²) in [6, 6.07) is 19.0. The Morgan fingerprint density at radius 2 is 1.62 bits per heavy atom. The monoisotopic (exact) mass is 716 g/mol. The van der Waals surface area contributed by atoms with Crippen molar-refractivity contribution in [1.82, 2.24) is 30.3 Å². The maximum Gasteiger partial charge on any atom is 0.266 e. The predicted molar refractivity (Wildman–Crippen MR) is 195 cm³/mol. The van der Waals surface area contributed by atoms with E-state index in [1.165, 1.54) is 11.5 Å². The van der Waals surface area contributed by atoms with Crippen molar-refractivity contribution in [3.63, 3.8) is 0 Å². The summed E-state index contributed by atoms with van der Waals surface area (Å²) in [6.07, 6.45) is 2.49. The zero-order valence-corrected chi connectivity index (χ0v) is 29.4. The molecule has 3 aromatic heterocycles. The van der Waals surface area contributed by atoms with Gasteiger partial charge >= 0.3 is 0 Å². The van der Waals surface area contributed by atoms with E-state index in [2.05, 4.69) is 20.9 Å². The van der Waals surface area contributed by atoms with E-state index in [0.717, 1.165) is 39.8 Å². The quantitative estimate of drug-likeness (QED) is 0.129. The zero-order chi connectivity index (χ0) is 35.4. The van der Waals surface area contributed by atoms with Crippen molar-refractivity contribution in [2.75, 3.05) is 27.3 Å². The zero-order valence-electron chi connectivity index (χ0n) is 27.9. The second kappa shape index (κ2) is 15.6. The first-order valence-corrected chi connectivity index (χ1v) is 17.0. The molecule has 1 fully saturated rings. The molecule has 0 bridgehead atoms. The first-order valence-electron chi connectivity index (χ1n) is 16.3. The number of amides is 1. The topological polar surface area (TPSA) is 139 Å². The van der Waals surface area contributed by atoms with E-state index in [-0.39, 0.29) is 29.9 Å². The number of hydrogen-bond acceptors (Lipinski definition) is 9. The van der Waals surface area contributed by atoms with Gasteiger partial charge in [0.15, 0.2) is 0 Å². The van der Waals surface area contributed by atoms with Crippen molar-refractivity contribution in [2.45, 2.75) is 45.0 Å². The van der Waals surface area contributed by atoms with Gasteiger partial charge in [-0.15, -0.1) is 0 Å². The van der Waals surface area contributed by atoms with Crippen LogP contribution < -0.4 is 31.0 Å². The van der Waals surface area contributed by atoms with Crippen LogP contribution in [0.4, 0.5) is 0 Å². The Hall–Kier alpha value is -4.52. The van der Waals surface area contributed by atoms with Gasteiger partial charge in [-0.05, 0) is 37.1 Å². The van der Waals surface area contributed by atoms with E-state index in [9.17, 15) is 14.7 Å². The van der Waals surface area contributed by atoms with Crippen molar-refractivity contribution in [1.29, 1.82) is 0 Å². The van der Waals surface area contributed by atoms with Gasteiger partial charge in [-0.25, -0.2) is 4.98 Å². The van der Waals surface area contributed by atoms with Crippen molar-refractivity contribution in [2.24, 2.45) is 0 Å². The van der Waals surface area contributed by atoms with Crippen LogP contribution in [0.1, 0.15) is 30.9 Å².